The summed E-state index contributed by atoms with van der Waals surface area (Å²) in [5.74, 6) is -0.592. The van der Waals surface area contributed by atoms with Crippen molar-refractivity contribution in [1.29, 1.82) is 0 Å². The van der Waals surface area contributed by atoms with Gasteiger partial charge in [-0.3, -0.25) is 0 Å². The van der Waals surface area contributed by atoms with Crippen molar-refractivity contribution in [2.75, 3.05) is 7.11 Å². The monoisotopic (exact) mass is 298 g/mol. The predicted molar refractivity (Wildman–Crippen MR) is 85.0 cm³/mol. The van der Waals surface area contributed by atoms with Crippen LogP contribution in [0.1, 0.15) is 17.5 Å². The molecule has 4 heteroatoms. The van der Waals surface area contributed by atoms with E-state index in [1.807, 2.05) is 30.3 Å². The molecule has 114 valence electrons. The minimum Gasteiger partial charge on any atom is -0.504 e. The van der Waals surface area contributed by atoms with Gasteiger partial charge in [0.15, 0.2) is 11.5 Å². The third-order valence-corrected chi connectivity index (χ3v) is 3.35. The van der Waals surface area contributed by atoms with Gasteiger partial charge in [0.2, 0.25) is 0 Å². The second-order valence-electron chi connectivity index (χ2n) is 4.89. The Morgan fingerprint density at radius 1 is 1.18 bits per heavy atom. The number of aliphatic carboxylic acids is 1. The average Bonchev–Trinajstić information content (AvgIpc) is 2.53. The molecule has 4 nitrogen and oxygen atoms in total. The molecular weight excluding hydrogens is 280 g/mol. The number of aryl methyl sites for hydroxylation is 1. The van der Waals surface area contributed by atoms with E-state index in [4.69, 9.17) is 4.74 Å². The number of benzene rings is 2. The molecule has 2 rings (SSSR count). The van der Waals surface area contributed by atoms with Crippen LogP contribution in [0.15, 0.2) is 54.1 Å². The van der Waals surface area contributed by atoms with E-state index in [9.17, 15) is 15.0 Å². The molecule has 2 aromatic rings. The number of phenolic OH excluding ortho intramolecular Hbond substituents is 1. The molecule has 22 heavy (non-hydrogen) atoms. The molecule has 0 aliphatic heterocycles. The Morgan fingerprint density at radius 2 is 1.91 bits per heavy atom. The molecule has 2 N–H and O–H groups in total. The zero-order valence-electron chi connectivity index (χ0n) is 12.3. The summed E-state index contributed by atoms with van der Waals surface area (Å²) >= 11 is 0. The topological polar surface area (TPSA) is 66.8 Å². The molecule has 0 aromatic heterocycles. The van der Waals surface area contributed by atoms with Gasteiger partial charge in [-0.2, -0.15) is 0 Å². The zero-order chi connectivity index (χ0) is 15.9. The molecule has 0 saturated heterocycles. The summed E-state index contributed by atoms with van der Waals surface area (Å²) in [6, 6.07) is 14.5. The van der Waals surface area contributed by atoms with Gasteiger partial charge in [0.25, 0.3) is 0 Å². The quantitative estimate of drug-likeness (QED) is 0.801. The van der Waals surface area contributed by atoms with Crippen LogP contribution < -0.4 is 4.74 Å². The van der Waals surface area contributed by atoms with Gasteiger partial charge in [-0.15, -0.1) is 0 Å². The van der Waals surface area contributed by atoms with Gasteiger partial charge in [0.05, 0.1) is 7.11 Å². The second kappa shape index (κ2) is 7.31. The molecule has 0 spiro atoms. The predicted octanol–water partition coefficient (Wildman–Crippen LogP) is 3.50. The van der Waals surface area contributed by atoms with Gasteiger partial charge in [0.1, 0.15) is 0 Å². The van der Waals surface area contributed by atoms with E-state index >= 15 is 0 Å². The highest BCUT2D eigenvalue weighted by molar-refractivity contribution is 5.92. The Balaban J connectivity index is 2.18. The van der Waals surface area contributed by atoms with Crippen molar-refractivity contribution in [2.24, 2.45) is 0 Å². The molecule has 0 fully saturated rings. The third kappa shape index (κ3) is 4.12. The summed E-state index contributed by atoms with van der Waals surface area (Å²) in [5.41, 5.74) is 2.09. The maximum atomic E-state index is 11.4. The van der Waals surface area contributed by atoms with Crippen molar-refractivity contribution in [1.82, 2.24) is 0 Å². The van der Waals surface area contributed by atoms with Gasteiger partial charge in [-0.1, -0.05) is 36.4 Å². The molecule has 2 aromatic carbocycles. The molecule has 0 heterocycles. The number of hydrogen-bond donors (Lipinski definition) is 2. The lowest BCUT2D eigenvalue weighted by Gasteiger charge is -2.06. The van der Waals surface area contributed by atoms with Crippen molar-refractivity contribution in [2.45, 2.75) is 12.8 Å². The highest BCUT2D eigenvalue weighted by Crippen LogP contribution is 2.27. The first kappa shape index (κ1) is 15.6. The highest BCUT2D eigenvalue weighted by Gasteiger charge is 2.09. The summed E-state index contributed by atoms with van der Waals surface area (Å²) in [6.45, 7) is 0. The molecule has 0 bridgehead atoms. The average molecular weight is 298 g/mol. The van der Waals surface area contributed by atoms with E-state index in [-0.39, 0.29) is 5.75 Å². The number of aromatic hydroxyl groups is 1. The minimum absolute atomic E-state index is 0.0285. The van der Waals surface area contributed by atoms with Crippen molar-refractivity contribution >= 4 is 12.0 Å². The SMILES string of the molecule is COc1cc(C=C(CCc2ccccc2)C(=O)O)ccc1O. The molecule has 0 saturated carbocycles. The molecule has 0 aliphatic rings. The van der Waals surface area contributed by atoms with E-state index < -0.39 is 5.97 Å². The Morgan fingerprint density at radius 3 is 2.55 bits per heavy atom. The van der Waals surface area contributed by atoms with E-state index in [0.717, 1.165) is 5.56 Å². The maximum Gasteiger partial charge on any atom is 0.331 e. The highest BCUT2D eigenvalue weighted by atomic mass is 16.5. The number of carbonyl (C=O) groups is 1. The normalized spacial score (nSPS) is 11.2. The summed E-state index contributed by atoms with van der Waals surface area (Å²) in [4.78, 5) is 11.4. The van der Waals surface area contributed by atoms with Crippen LogP contribution in [0.3, 0.4) is 0 Å². The minimum atomic E-state index is -0.942. The van der Waals surface area contributed by atoms with Crippen LogP contribution in [-0.2, 0) is 11.2 Å². The van der Waals surface area contributed by atoms with Crippen molar-refractivity contribution in [3.8, 4) is 11.5 Å². The summed E-state index contributed by atoms with van der Waals surface area (Å²) in [5, 5.41) is 18.9. The lowest BCUT2D eigenvalue weighted by Crippen LogP contribution is -2.02. The maximum absolute atomic E-state index is 11.4. The number of hydrogen-bond acceptors (Lipinski definition) is 3. The zero-order valence-corrected chi connectivity index (χ0v) is 12.3. The van der Waals surface area contributed by atoms with Crippen molar-refractivity contribution in [3.05, 3.63) is 65.2 Å². The van der Waals surface area contributed by atoms with E-state index in [1.165, 1.54) is 13.2 Å². The van der Waals surface area contributed by atoms with Crippen LogP contribution in [-0.4, -0.2) is 23.3 Å². The number of carboxylic acids is 1. The van der Waals surface area contributed by atoms with E-state index in [2.05, 4.69) is 0 Å². The van der Waals surface area contributed by atoms with Crippen LogP contribution in [0.5, 0.6) is 11.5 Å². The van der Waals surface area contributed by atoms with E-state index in [1.54, 1.807) is 18.2 Å². The van der Waals surface area contributed by atoms with Crippen LogP contribution in [0.2, 0.25) is 0 Å². The van der Waals surface area contributed by atoms with Gasteiger partial charge in [-0.05, 0) is 42.2 Å². The van der Waals surface area contributed by atoms with Crippen LogP contribution in [0.25, 0.3) is 6.08 Å². The van der Waals surface area contributed by atoms with Crippen LogP contribution >= 0.6 is 0 Å². The van der Waals surface area contributed by atoms with E-state index in [0.29, 0.717) is 29.7 Å². The van der Waals surface area contributed by atoms with Crippen molar-refractivity contribution in [3.63, 3.8) is 0 Å². The molecule has 0 aliphatic carbocycles. The number of methoxy groups -OCH3 is 1. The van der Waals surface area contributed by atoms with Gasteiger partial charge in [-0.25, -0.2) is 4.79 Å². The molecular formula is C18H18O4. The Kier molecular flexibility index (Phi) is 5.20. The summed E-state index contributed by atoms with van der Waals surface area (Å²) in [7, 11) is 1.45. The number of carboxylic acid groups (broad SMARTS) is 1. The van der Waals surface area contributed by atoms with Gasteiger partial charge < -0.3 is 14.9 Å². The molecule has 0 amide bonds. The lowest BCUT2D eigenvalue weighted by molar-refractivity contribution is -0.132. The van der Waals surface area contributed by atoms with Crippen molar-refractivity contribution < 1.29 is 19.7 Å². The summed E-state index contributed by atoms with van der Waals surface area (Å²) < 4.78 is 5.03. The summed E-state index contributed by atoms with van der Waals surface area (Å²) in [6.07, 6.45) is 2.70. The third-order valence-electron chi connectivity index (χ3n) is 3.35. The molecule has 0 radical (unpaired) electrons. The second-order valence-corrected chi connectivity index (χ2v) is 4.89. The first-order valence-corrected chi connectivity index (χ1v) is 6.95. The fourth-order valence-electron chi connectivity index (χ4n) is 2.15. The standard InChI is InChI=1S/C18H18O4/c1-22-17-12-14(8-10-16(17)19)11-15(18(20)21)9-7-13-5-3-2-4-6-13/h2-6,8,10-12,19H,7,9H2,1H3,(H,20,21). The fraction of sp³-hybridized carbons (Fsp3) is 0.167. The van der Waals surface area contributed by atoms with Gasteiger partial charge in [0, 0.05) is 5.57 Å². The van der Waals surface area contributed by atoms with Crippen LogP contribution in [0, 0.1) is 0 Å². The first-order chi connectivity index (χ1) is 10.6. The lowest BCUT2D eigenvalue weighted by atomic mass is 10.0. The smallest absolute Gasteiger partial charge is 0.331 e. The number of phenols is 1. The Labute approximate surface area is 129 Å². The molecule has 0 unspecified atom stereocenters. The largest absolute Gasteiger partial charge is 0.504 e. The Hall–Kier alpha value is -2.75. The molecule has 0 atom stereocenters. The fourth-order valence-corrected chi connectivity index (χ4v) is 2.15. The van der Waals surface area contributed by atoms with Gasteiger partial charge >= 0.3 is 5.97 Å². The van der Waals surface area contributed by atoms with Crippen LogP contribution in [0.4, 0.5) is 0 Å². The number of rotatable bonds is 6. The number of ether oxygens (including phenoxy) is 1. The first-order valence-electron chi connectivity index (χ1n) is 6.95. The Bertz CT molecular complexity index is 675.